The average molecular weight is 353 g/mol. The smallest absolute Gasteiger partial charge is 0.161 e. The van der Waals surface area contributed by atoms with Crippen LogP contribution in [-0.2, 0) is 0 Å². The third-order valence-electron chi connectivity index (χ3n) is 5.64. The first-order valence-corrected chi connectivity index (χ1v) is 11.7. The monoisotopic (exact) mass is 352 g/mol. The van der Waals surface area contributed by atoms with Gasteiger partial charge in [-0.15, -0.1) is 0 Å². The largest absolute Gasteiger partial charge is 0.497 e. The summed E-state index contributed by atoms with van der Waals surface area (Å²) in [4.78, 5) is 4.63. The van der Waals surface area contributed by atoms with Gasteiger partial charge < -0.3 is 8.97 Å². The lowest BCUT2D eigenvalue weighted by molar-refractivity contribution is 0.415. The Kier molecular flexibility index (Phi) is 4.27. The minimum atomic E-state index is -1.77. The van der Waals surface area contributed by atoms with Crippen molar-refractivity contribution in [3.8, 4) is 17.0 Å². The van der Waals surface area contributed by atoms with Gasteiger partial charge in [-0.05, 0) is 41.8 Å². The van der Waals surface area contributed by atoms with Crippen LogP contribution in [0.15, 0.2) is 42.7 Å². The molecule has 2 aromatic heterocycles. The first-order chi connectivity index (χ1) is 11.6. The van der Waals surface area contributed by atoms with Crippen LogP contribution < -0.4 is 4.74 Å². The Bertz CT molecular complexity index is 919. The Balaban J connectivity index is 2.34. The van der Waals surface area contributed by atoms with Crippen LogP contribution in [0.5, 0.6) is 5.75 Å². The van der Waals surface area contributed by atoms with Gasteiger partial charge in [0.05, 0.1) is 12.8 Å². The number of aryl methyl sites for hydroxylation is 1. The van der Waals surface area contributed by atoms with Gasteiger partial charge in [-0.3, -0.25) is 4.98 Å². The fourth-order valence-electron chi connectivity index (χ4n) is 3.05. The van der Waals surface area contributed by atoms with Crippen molar-refractivity contribution in [2.75, 3.05) is 7.11 Å². The van der Waals surface area contributed by atoms with Crippen LogP contribution in [0.2, 0.25) is 18.1 Å². The molecule has 0 radical (unpaired) electrons. The van der Waals surface area contributed by atoms with Crippen molar-refractivity contribution in [3.63, 3.8) is 0 Å². The lowest BCUT2D eigenvalue weighted by Gasteiger charge is -2.38. The molecule has 3 aromatic rings. The molecule has 0 bridgehead atoms. The normalized spacial score (nSPS) is 12.6. The van der Waals surface area contributed by atoms with Gasteiger partial charge in [0.15, 0.2) is 8.24 Å². The maximum atomic E-state index is 5.50. The summed E-state index contributed by atoms with van der Waals surface area (Å²) in [6.07, 6.45) is 4.20. The quantitative estimate of drug-likeness (QED) is 0.551. The van der Waals surface area contributed by atoms with Gasteiger partial charge in [-0.25, -0.2) is 0 Å². The molecule has 2 heterocycles. The second-order valence-electron chi connectivity index (χ2n) is 8.32. The highest BCUT2D eigenvalue weighted by Crippen LogP contribution is 2.42. The minimum absolute atomic E-state index is 0.235. The van der Waals surface area contributed by atoms with Gasteiger partial charge >= 0.3 is 0 Å². The summed E-state index contributed by atoms with van der Waals surface area (Å²) < 4.78 is 8.01. The predicted octanol–water partition coefficient (Wildman–Crippen LogP) is 5.87. The van der Waals surface area contributed by atoms with Crippen LogP contribution in [0.4, 0.5) is 0 Å². The van der Waals surface area contributed by atoms with Crippen molar-refractivity contribution in [2.24, 2.45) is 0 Å². The number of hydrogen-bond donors (Lipinski definition) is 0. The average Bonchev–Trinajstić information content (AvgIpc) is 2.93. The Morgan fingerprint density at radius 1 is 1.08 bits per heavy atom. The zero-order valence-electron chi connectivity index (χ0n) is 16.3. The Morgan fingerprint density at radius 3 is 2.40 bits per heavy atom. The molecule has 132 valence electrons. The van der Waals surface area contributed by atoms with E-state index in [4.69, 9.17) is 4.74 Å². The van der Waals surface area contributed by atoms with Crippen LogP contribution >= 0.6 is 0 Å². The molecule has 3 rings (SSSR count). The molecule has 0 atom stereocenters. The van der Waals surface area contributed by atoms with Gasteiger partial charge in [0.1, 0.15) is 5.75 Å². The van der Waals surface area contributed by atoms with Crippen molar-refractivity contribution < 1.29 is 4.74 Å². The summed E-state index contributed by atoms with van der Waals surface area (Å²) >= 11 is 0. The second-order valence-corrected chi connectivity index (χ2v) is 13.4. The molecule has 0 unspecified atom stereocenters. The summed E-state index contributed by atoms with van der Waals surface area (Å²) in [5.41, 5.74) is 4.70. The van der Waals surface area contributed by atoms with Crippen molar-refractivity contribution in [1.82, 2.24) is 9.22 Å². The highest BCUT2D eigenvalue weighted by atomic mass is 28.3. The number of nitrogens with zero attached hydrogens (tertiary/aromatic N) is 2. The van der Waals surface area contributed by atoms with E-state index in [0.29, 0.717) is 0 Å². The van der Waals surface area contributed by atoms with E-state index in [1.54, 1.807) is 7.11 Å². The van der Waals surface area contributed by atoms with Gasteiger partial charge in [-0.1, -0.05) is 33.9 Å². The maximum Gasteiger partial charge on any atom is 0.161 e. The molecule has 0 aliphatic rings. The third kappa shape index (κ3) is 2.99. The number of methoxy groups -OCH3 is 1. The van der Waals surface area contributed by atoms with E-state index in [-0.39, 0.29) is 5.04 Å². The number of benzene rings is 1. The van der Waals surface area contributed by atoms with Crippen LogP contribution in [0, 0.1) is 6.92 Å². The summed E-state index contributed by atoms with van der Waals surface area (Å²) in [6.45, 7) is 14.0. The number of rotatable bonds is 3. The molecule has 0 saturated carbocycles. The Hall–Kier alpha value is -2.07. The number of hydrogen-bond acceptors (Lipinski definition) is 2. The molecular weight excluding hydrogens is 324 g/mol. The Labute approximate surface area is 151 Å². The minimum Gasteiger partial charge on any atom is -0.497 e. The number of pyridine rings is 1. The summed E-state index contributed by atoms with van der Waals surface area (Å²) in [6, 6.07) is 10.6. The van der Waals surface area contributed by atoms with Crippen LogP contribution in [0.3, 0.4) is 0 Å². The van der Waals surface area contributed by atoms with Gasteiger partial charge in [0, 0.05) is 34.9 Å². The second kappa shape index (κ2) is 6.02. The topological polar surface area (TPSA) is 27.1 Å². The van der Waals surface area contributed by atoms with E-state index in [2.05, 4.69) is 74.4 Å². The van der Waals surface area contributed by atoms with Crippen molar-refractivity contribution in [1.29, 1.82) is 0 Å². The Morgan fingerprint density at radius 2 is 1.80 bits per heavy atom. The van der Waals surface area contributed by atoms with Crippen LogP contribution in [0.25, 0.3) is 22.2 Å². The molecule has 4 heteroatoms. The molecule has 0 aliphatic carbocycles. The molecule has 0 N–H and O–H groups in total. The fourth-order valence-corrected chi connectivity index (χ4v) is 5.01. The van der Waals surface area contributed by atoms with E-state index in [1.807, 2.05) is 18.3 Å². The lowest BCUT2D eigenvalue weighted by Crippen LogP contribution is -2.44. The zero-order chi connectivity index (χ0) is 18.4. The maximum absolute atomic E-state index is 5.50. The number of aromatic nitrogens is 2. The van der Waals surface area contributed by atoms with Crippen molar-refractivity contribution >= 4 is 19.1 Å². The van der Waals surface area contributed by atoms with Gasteiger partial charge in [0.2, 0.25) is 0 Å². The van der Waals surface area contributed by atoms with Gasteiger partial charge in [0.25, 0.3) is 0 Å². The van der Waals surface area contributed by atoms with Crippen molar-refractivity contribution in [2.45, 2.75) is 45.8 Å². The van der Waals surface area contributed by atoms with Crippen molar-refractivity contribution in [3.05, 3.63) is 48.3 Å². The fraction of sp³-hybridized carbons (Fsp3) is 0.381. The highest BCUT2D eigenvalue weighted by molar-refractivity contribution is 6.79. The highest BCUT2D eigenvalue weighted by Gasteiger charge is 2.38. The van der Waals surface area contributed by atoms with E-state index in [1.165, 1.54) is 22.0 Å². The molecule has 0 amide bonds. The van der Waals surface area contributed by atoms with E-state index in [0.717, 1.165) is 11.4 Å². The zero-order valence-corrected chi connectivity index (χ0v) is 17.3. The molecule has 25 heavy (non-hydrogen) atoms. The molecule has 3 nitrogen and oxygen atoms in total. The molecule has 0 spiro atoms. The molecule has 0 fully saturated rings. The summed E-state index contributed by atoms with van der Waals surface area (Å²) in [5.74, 6) is 0.898. The number of fused-ring (bicyclic) bond motifs is 1. The number of ether oxygens (including phenoxy) is 1. The van der Waals surface area contributed by atoms with Gasteiger partial charge in [-0.2, -0.15) is 0 Å². The standard InChI is InChI=1S/C21H28N2OSi/c1-15-10-11-22-19(12-15)18-14-23(25(6,7)21(2,3)4)20-13-16(24-5)8-9-17(18)20/h8-14H,1-7H3. The van der Waals surface area contributed by atoms with Crippen LogP contribution in [-0.4, -0.2) is 24.6 Å². The lowest BCUT2D eigenvalue weighted by atomic mass is 10.1. The van der Waals surface area contributed by atoms with E-state index < -0.39 is 8.24 Å². The predicted molar refractivity (Wildman–Crippen MR) is 109 cm³/mol. The summed E-state index contributed by atoms with van der Waals surface area (Å²) in [5, 5.41) is 1.48. The molecule has 0 aliphatic heterocycles. The third-order valence-corrected chi connectivity index (χ3v) is 10.9. The van der Waals surface area contributed by atoms with E-state index in [9.17, 15) is 0 Å². The SMILES string of the molecule is COc1ccc2c(-c3cc(C)ccn3)cn([Si](C)(C)C(C)(C)C)c2c1. The first kappa shape index (κ1) is 17.7. The molecule has 1 aromatic carbocycles. The first-order valence-electron chi connectivity index (χ1n) is 8.78. The molecular formula is C21H28N2OSi. The molecule has 0 saturated heterocycles. The summed E-state index contributed by atoms with van der Waals surface area (Å²) in [7, 11) is -0.0475. The van der Waals surface area contributed by atoms with Crippen LogP contribution in [0.1, 0.15) is 26.3 Å². The van der Waals surface area contributed by atoms with E-state index >= 15 is 0 Å².